The van der Waals surface area contributed by atoms with Gasteiger partial charge in [0.1, 0.15) is 0 Å². The van der Waals surface area contributed by atoms with E-state index in [1.54, 1.807) is 0 Å². The Balaban J connectivity index is 1.01. The largest absolute Gasteiger partial charge is 0.312 e. The van der Waals surface area contributed by atoms with Gasteiger partial charge in [-0.05, 0) is 169 Å². The molecule has 0 amide bonds. The fraction of sp³-hybridized carbons (Fsp3) is 0.111. The van der Waals surface area contributed by atoms with Gasteiger partial charge in [-0.3, -0.25) is 0 Å². The maximum absolute atomic E-state index is 2.71. The third kappa shape index (κ3) is 7.41. The molecule has 5 aliphatic rings. The average molecular weight is 1140 g/mol. The number of anilines is 12. The molecule has 0 radical (unpaired) electrons. The summed E-state index contributed by atoms with van der Waals surface area (Å²) in [4.78, 5) is 10.4. The summed E-state index contributed by atoms with van der Waals surface area (Å²) in [7, 11) is 0. The molecule has 1 aromatic heterocycles. The fourth-order valence-corrected chi connectivity index (χ4v) is 16.5. The highest BCUT2D eigenvalue weighted by Crippen LogP contribution is 2.51. The van der Waals surface area contributed by atoms with Gasteiger partial charge in [0.05, 0.1) is 5.52 Å². The van der Waals surface area contributed by atoms with Gasteiger partial charge in [0.2, 0.25) is 6.71 Å². The lowest BCUT2D eigenvalue weighted by atomic mass is 9.28. The van der Waals surface area contributed by atoms with Crippen molar-refractivity contribution in [3.05, 3.63) is 278 Å². The van der Waals surface area contributed by atoms with Crippen molar-refractivity contribution in [2.75, 3.05) is 19.6 Å². The highest BCUT2D eigenvalue weighted by molar-refractivity contribution is 7.05. The molecular weight excluding hydrogens is 1080 g/mol. The van der Waals surface area contributed by atoms with Crippen LogP contribution >= 0.6 is 0 Å². The Labute approximate surface area is 523 Å². The van der Waals surface area contributed by atoms with Gasteiger partial charge < -0.3 is 24.2 Å². The van der Waals surface area contributed by atoms with Crippen LogP contribution in [0, 0.1) is 0 Å². The summed E-state index contributed by atoms with van der Waals surface area (Å²) in [5.74, 6) is 0.970. The van der Waals surface area contributed by atoms with E-state index in [-0.39, 0.29) is 32.0 Å². The summed E-state index contributed by atoms with van der Waals surface area (Å²) < 4.78 is 2.63. The number of rotatable bonds is 9. The number of hydrogen-bond acceptors (Lipinski definition) is 4. The Morgan fingerprint density at radius 2 is 0.764 bits per heavy atom. The summed E-state index contributed by atoms with van der Waals surface area (Å²) in [6, 6.07) is 99.5. The number of aromatic nitrogens is 1. The fourth-order valence-electron chi connectivity index (χ4n) is 16.5. The van der Waals surface area contributed by atoms with Crippen LogP contribution in [0.5, 0.6) is 0 Å². The van der Waals surface area contributed by atoms with Gasteiger partial charge in [0.25, 0.3) is 13.4 Å². The minimum atomic E-state index is -0.169. The highest BCUT2D eigenvalue weighted by Gasteiger charge is 2.52. The molecule has 0 spiro atoms. The molecule has 89 heavy (non-hydrogen) atoms. The molecule has 0 fully saturated rings. The molecular formula is C81H64B3N5. The summed E-state index contributed by atoms with van der Waals surface area (Å²) in [6.07, 6.45) is 0. The first-order valence-corrected chi connectivity index (χ1v) is 32.0. The van der Waals surface area contributed by atoms with Crippen molar-refractivity contribution in [3.8, 4) is 5.69 Å². The minimum Gasteiger partial charge on any atom is -0.312 e. The molecule has 8 heteroatoms. The van der Waals surface area contributed by atoms with Crippen molar-refractivity contribution in [1.82, 2.24) is 4.57 Å². The first kappa shape index (κ1) is 52.0. The van der Waals surface area contributed by atoms with E-state index in [4.69, 9.17) is 0 Å². The third-order valence-corrected chi connectivity index (χ3v) is 20.3. The average Bonchev–Trinajstić information content (AvgIpc) is 1.56. The van der Waals surface area contributed by atoms with Gasteiger partial charge in [0, 0.05) is 90.2 Å². The summed E-state index contributed by atoms with van der Waals surface area (Å²) >= 11 is 0. The molecule has 13 aromatic rings. The number of hydrogen-bond donors (Lipinski definition) is 0. The van der Waals surface area contributed by atoms with Gasteiger partial charge in [-0.25, -0.2) is 0 Å². The Hall–Kier alpha value is -10.2. The van der Waals surface area contributed by atoms with Crippen LogP contribution in [0.4, 0.5) is 68.2 Å². The van der Waals surface area contributed by atoms with E-state index in [2.05, 4.69) is 327 Å². The maximum atomic E-state index is 2.71. The van der Waals surface area contributed by atoms with Crippen molar-refractivity contribution in [2.24, 2.45) is 0 Å². The van der Waals surface area contributed by atoms with Crippen molar-refractivity contribution in [1.29, 1.82) is 0 Å². The maximum Gasteiger partial charge on any atom is 0.252 e. The molecule has 0 bridgehead atoms. The first-order chi connectivity index (χ1) is 43.7. The van der Waals surface area contributed by atoms with Crippen LogP contribution in [0.15, 0.2) is 261 Å². The summed E-state index contributed by atoms with van der Waals surface area (Å²) in [5.41, 5.74) is 34.2. The van der Waals surface area contributed by atoms with Crippen molar-refractivity contribution in [3.63, 3.8) is 0 Å². The second kappa shape index (κ2) is 19.7. The van der Waals surface area contributed by atoms with E-state index < -0.39 is 0 Å². The van der Waals surface area contributed by atoms with Crippen molar-refractivity contribution >= 4 is 159 Å². The molecule has 0 N–H and O–H groups in total. The van der Waals surface area contributed by atoms with Crippen molar-refractivity contribution in [2.45, 2.75) is 59.3 Å². The second-order valence-electron chi connectivity index (χ2n) is 26.1. The second-order valence-corrected chi connectivity index (χ2v) is 26.1. The lowest BCUT2D eigenvalue weighted by molar-refractivity contribution is 0.812. The van der Waals surface area contributed by atoms with Crippen LogP contribution < -0.4 is 68.8 Å². The zero-order valence-electron chi connectivity index (χ0n) is 51.0. The number of benzene rings is 12. The molecule has 422 valence electrons. The number of para-hydroxylation sites is 8. The van der Waals surface area contributed by atoms with Crippen LogP contribution in [0.25, 0.3) is 27.5 Å². The van der Waals surface area contributed by atoms with Gasteiger partial charge >= 0.3 is 0 Å². The van der Waals surface area contributed by atoms with E-state index in [9.17, 15) is 0 Å². The molecule has 6 heterocycles. The zero-order chi connectivity index (χ0) is 59.5. The quantitative estimate of drug-likeness (QED) is 0.134. The lowest BCUT2D eigenvalue weighted by Crippen LogP contribution is -2.69. The molecule has 0 unspecified atom stereocenters. The van der Waals surface area contributed by atoms with E-state index >= 15 is 0 Å². The summed E-state index contributed by atoms with van der Waals surface area (Å²) in [5, 5.41) is 2.56. The number of nitrogens with zero attached hydrogens (tertiary/aromatic N) is 5. The van der Waals surface area contributed by atoms with Crippen molar-refractivity contribution < 1.29 is 0 Å². The highest BCUT2D eigenvalue weighted by atomic mass is 15.2. The van der Waals surface area contributed by atoms with Crippen LogP contribution in [0.2, 0.25) is 0 Å². The normalized spacial score (nSPS) is 13.7. The molecule has 5 nitrogen and oxygen atoms in total. The third-order valence-electron chi connectivity index (χ3n) is 20.3. The monoisotopic (exact) mass is 1140 g/mol. The Morgan fingerprint density at radius 3 is 1.37 bits per heavy atom. The van der Waals surface area contributed by atoms with Crippen LogP contribution in [-0.4, -0.2) is 24.7 Å². The Kier molecular flexibility index (Phi) is 11.5. The lowest BCUT2D eigenvalue weighted by Gasteiger charge is -2.50. The molecule has 5 aliphatic heterocycles. The smallest absolute Gasteiger partial charge is 0.252 e. The van der Waals surface area contributed by atoms with E-state index in [1.807, 2.05) is 0 Å². The van der Waals surface area contributed by atoms with Gasteiger partial charge in [0.15, 0.2) is 0 Å². The molecule has 0 atom stereocenters. The van der Waals surface area contributed by atoms with Crippen LogP contribution in [0.3, 0.4) is 0 Å². The topological polar surface area (TPSA) is 17.9 Å². The number of fused-ring (bicyclic) bond motifs is 15. The SMILES string of the molecule is CC(C)c1cc(C(C)C)c(B2c3ccccc3N(c3ccccc3)c3cc4c(cc32)B2c3ccc(N(c5ccccc5)c5ccccc5)cc3N3c5ccccc5B5c6c(cc(c2c63)N4c2ccccc2)-n2c3ccccc3c3cccc5c32)c(C(C)C)c1. The molecule has 0 saturated heterocycles. The summed E-state index contributed by atoms with van der Waals surface area (Å²) in [6.45, 7) is 14.1. The molecule has 18 rings (SSSR count). The Morgan fingerprint density at radius 1 is 0.303 bits per heavy atom. The van der Waals surface area contributed by atoms with Crippen LogP contribution in [-0.2, 0) is 0 Å². The molecule has 0 aliphatic carbocycles. The van der Waals surface area contributed by atoms with E-state index in [0.717, 1.165) is 28.4 Å². The standard InChI is InChI=1S/C81H64B3N5/c1-50(2)53-44-61(51(3)4)77(62(45-53)52(5)6)83-63-36-20-23-40-70(63)86(56-30-15-9-16-31-56)73-48-74-68(47-67(73)83)84-65-43-42-58(85(54-26-11-7-12-27-54)55-28-13-8-14-29-55)46-72(65)89-71-41-24-21-37-64(71)82-66-38-25-35-60-59-34-19-22-39-69(59)88(80(60)66)76-49-75(78(84)81(89)79(76)82)87(74)57-32-17-10-18-33-57/h7-52H,1-6H3. The predicted molar refractivity (Wildman–Crippen MR) is 382 cm³/mol. The molecule has 0 saturated carbocycles. The van der Waals surface area contributed by atoms with Gasteiger partial charge in [-0.1, -0.05) is 217 Å². The molecule has 12 aromatic carbocycles. The zero-order valence-corrected chi connectivity index (χ0v) is 51.0. The van der Waals surface area contributed by atoms with E-state index in [1.165, 1.54) is 133 Å². The minimum absolute atomic E-state index is 0.0260. The Bertz CT molecular complexity index is 4990. The first-order valence-electron chi connectivity index (χ1n) is 32.0. The van der Waals surface area contributed by atoms with Gasteiger partial charge in [-0.2, -0.15) is 0 Å². The predicted octanol–water partition coefficient (Wildman–Crippen LogP) is 15.1. The van der Waals surface area contributed by atoms with Crippen LogP contribution in [0.1, 0.15) is 76.0 Å². The van der Waals surface area contributed by atoms with E-state index in [0.29, 0.717) is 5.92 Å². The van der Waals surface area contributed by atoms with Gasteiger partial charge in [-0.15, -0.1) is 0 Å².